The van der Waals surface area contributed by atoms with Crippen LogP contribution in [-0.4, -0.2) is 30.6 Å². The molecule has 1 N–H and O–H groups in total. The van der Waals surface area contributed by atoms with E-state index in [1.54, 1.807) is 0 Å². The first-order valence-electron chi connectivity index (χ1n) is 8.65. The molecule has 1 saturated carbocycles. The summed E-state index contributed by atoms with van der Waals surface area (Å²) in [6.45, 7) is 11.6. The Kier molecular flexibility index (Phi) is 4.66. The van der Waals surface area contributed by atoms with Crippen molar-refractivity contribution >= 4 is 0 Å². The molecule has 1 unspecified atom stereocenters. The van der Waals surface area contributed by atoms with Crippen molar-refractivity contribution < 1.29 is 0 Å². The molecule has 0 aromatic heterocycles. The number of piperidine rings is 1. The summed E-state index contributed by atoms with van der Waals surface area (Å²) < 4.78 is 0. The molecule has 1 aromatic rings. The number of nitrogens with one attached hydrogen (secondary N) is 1. The fourth-order valence-corrected chi connectivity index (χ4v) is 3.60. The Labute approximate surface area is 129 Å². The number of benzene rings is 1. The van der Waals surface area contributed by atoms with Crippen LogP contribution in [0.1, 0.15) is 47.9 Å². The van der Waals surface area contributed by atoms with E-state index in [1.165, 1.54) is 67.6 Å². The molecule has 1 aromatic carbocycles. The molecule has 0 spiro atoms. The summed E-state index contributed by atoms with van der Waals surface area (Å²) in [5.74, 6) is 0.853. The first-order chi connectivity index (χ1) is 10.1. The highest BCUT2D eigenvalue weighted by Crippen LogP contribution is 2.31. The SMILES string of the molecule is Cc1cc(C)c(CN(CC2CCCNC2)C2CC2)cc1C. The van der Waals surface area contributed by atoms with E-state index < -0.39 is 0 Å². The quantitative estimate of drug-likeness (QED) is 0.890. The Morgan fingerprint density at radius 1 is 1.05 bits per heavy atom. The maximum atomic E-state index is 3.56. The maximum absolute atomic E-state index is 3.56. The summed E-state index contributed by atoms with van der Waals surface area (Å²) in [5.41, 5.74) is 5.86. The van der Waals surface area contributed by atoms with E-state index in [1.807, 2.05) is 0 Å². The molecule has 1 aliphatic carbocycles. The predicted octanol–water partition coefficient (Wildman–Crippen LogP) is 3.58. The Morgan fingerprint density at radius 2 is 1.81 bits per heavy atom. The molecule has 0 amide bonds. The standard InChI is InChI=1S/C19H30N2/c1-14-9-16(3)18(10-15(14)2)13-21(19-6-7-19)12-17-5-4-8-20-11-17/h9-10,17,19-20H,4-8,11-13H2,1-3H3. The Hall–Kier alpha value is -0.860. The minimum absolute atomic E-state index is 0.853. The number of hydrogen-bond acceptors (Lipinski definition) is 2. The van der Waals surface area contributed by atoms with Crippen LogP contribution in [0.4, 0.5) is 0 Å². The van der Waals surface area contributed by atoms with Gasteiger partial charge in [-0.3, -0.25) is 4.90 Å². The minimum Gasteiger partial charge on any atom is -0.316 e. The molecule has 2 aliphatic rings. The Balaban J connectivity index is 1.68. The molecule has 0 radical (unpaired) electrons. The van der Waals surface area contributed by atoms with E-state index in [0.29, 0.717) is 0 Å². The number of nitrogens with zero attached hydrogens (tertiary/aromatic N) is 1. The third-order valence-corrected chi connectivity index (χ3v) is 5.28. The molecule has 2 heteroatoms. The fraction of sp³-hybridized carbons (Fsp3) is 0.684. The highest BCUT2D eigenvalue weighted by molar-refractivity contribution is 5.36. The molecule has 0 bridgehead atoms. The van der Waals surface area contributed by atoms with Gasteiger partial charge in [-0.2, -0.15) is 0 Å². The lowest BCUT2D eigenvalue weighted by atomic mass is 9.97. The van der Waals surface area contributed by atoms with Crippen molar-refractivity contribution in [2.75, 3.05) is 19.6 Å². The van der Waals surface area contributed by atoms with Crippen LogP contribution < -0.4 is 5.32 Å². The second-order valence-electron chi connectivity index (χ2n) is 7.24. The highest BCUT2D eigenvalue weighted by Gasteiger charge is 2.31. The van der Waals surface area contributed by atoms with Crippen molar-refractivity contribution in [2.45, 2.75) is 59.0 Å². The first kappa shape index (κ1) is 15.1. The zero-order valence-electron chi connectivity index (χ0n) is 13.9. The van der Waals surface area contributed by atoms with Crippen molar-refractivity contribution in [3.63, 3.8) is 0 Å². The summed E-state index contributed by atoms with van der Waals surface area (Å²) >= 11 is 0. The third-order valence-electron chi connectivity index (χ3n) is 5.28. The van der Waals surface area contributed by atoms with Gasteiger partial charge in [0.05, 0.1) is 0 Å². The van der Waals surface area contributed by atoms with Gasteiger partial charge in [-0.05, 0) is 87.7 Å². The van der Waals surface area contributed by atoms with Crippen molar-refractivity contribution in [3.8, 4) is 0 Å². The van der Waals surface area contributed by atoms with Gasteiger partial charge in [0.15, 0.2) is 0 Å². The van der Waals surface area contributed by atoms with Gasteiger partial charge in [0.1, 0.15) is 0 Å². The summed E-state index contributed by atoms with van der Waals surface area (Å²) in [4.78, 5) is 2.76. The van der Waals surface area contributed by atoms with Gasteiger partial charge in [-0.1, -0.05) is 12.1 Å². The Morgan fingerprint density at radius 3 is 2.48 bits per heavy atom. The van der Waals surface area contributed by atoms with Crippen molar-refractivity contribution in [2.24, 2.45) is 5.92 Å². The van der Waals surface area contributed by atoms with Crippen LogP contribution >= 0.6 is 0 Å². The largest absolute Gasteiger partial charge is 0.316 e. The fourth-order valence-electron chi connectivity index (χ4n) is 3.60. The summed E-state index contributed by atoms with van der Waals surface area (Å²) in [6, 6.07) is 5.63. The second kappa shape index (κ2) is 6.50. The molecule has 1 saturated heterocycles. The van der Waals surface area contributed by atoms with Gasteiger partial charge >= 0.3 is 0 Å². The lowest BCUT2D eigenvalue weighted by Gasteiger charge is -2.31. The lowest BCUT2D eigenvalue weighted by molar-refractivity contribution is 0.192. The molecular formula is C19H30N2. The molecule has 1 heterocycles. The van der Waals surface area contributed by atoms with Crippen LogP contribution in [0.3, 0.4) is 0 Å². The third kappa shape index (κ3) is 3.87. The molecule has 1 atom stereocenters. The zero-order chi connectivity index (χ0) is 14.8. The summed E-state index contributed by atoms with van der Waals surface area (Å²) in [7, 11) is 0. The van der Waals surface area contributed by atoms with Crippen molar-refractivity contribution in [3.05, 3.63) is 34.4 Å². The van der Waals surface area contributed by atoms with E-state index in [2.05, 4.69) is 43.1 Å². The second-order valence-corrected chi connectivity index (χ2v) is 7.24. The topological polar surface area (TPSA) is 15.3 Å². The first-order valence-corrected chi connectivity index (χ1v) is 8.65. The number of aryl methyl sites for hydroxylation is 3. The van der Waals surface area contributed by atoms with E-state index >= 15 is 0 Å². The van der Waals surface area contributed by atoms with Gasteiger partial charge in [0.25, 0.3) is 0 Å². The van der Waals surface area contributed by atoms with Crippen molar-refractivity contribution in [1.82, 2.24) is 10.2 Å². The average Bonchev–Trinajstić information content (AvgIpc) is 3.29. The molecule has 21 heavy (non-hydrogen) atoms. The number of rotatable bonds is 5. The average molecular weight is 286 g/mol. The Bertz CT molecular complexity index is 485. The predicted molar refractivity (Wildman–Crippen MR) is 89.7 cm³/mol. The highest BCUT2D eigenvalue weighted by atomic mass is 15.2. The monoisotopic (exact) mass is 286 g/mol. The molecule has 1 aliphatic heterocycles. The van der Waals surface area contributed by atoms with Gasteiger partial charge in [0, 0.05) is 19.1 Å². The van der Waals surface area contributed by atoms with E-state index in [-0.39, 0.29) is 0 Å². The van der Waals surface area contributed by atoms with Crippen LogP contribution in [0.15, 0.2) is 12.1 Å². The normalized spacial score (nSPS) is 22.8. The van der Waals surface area contributed by atoms with E-state index in [9.17, 15) is 0 Å². The van der Waals surface area contributed by atoms with Crippen LogP contribution in [-0.2, 0) is 6.54 Å². The molecule has 2 fully saturated rings. The van der Waals surface area contributed by atoms with E-state index in [4.69, 9.17) is 0 Å². The van der Waals surface area contributed by atoms with Gasteiger partial charge in [0.2, 0.25) is 0 Å². The van der Waals surface area contributed by atoms with Gasteiger partial charge < -0.3 is 5.32 Å². The zero-order valence-corrected chi connectivity index (χ0v) is 13.9. The summed E-state index contributed by atoms with van der Waals surface area (Å²) in [6.07, 6.45) is 5.57. The van der Waals surface area contributed by atoms with Gasteiger partial charge in [-0.25, -0.2) is 0 Å². The molecule has 116 valence electrons. The minimum atomic E-state index is 0.853. The van der Waals surface area contributed by atoms with E-state index in [0.717, 1.165) is 18.5 Å². The summed E-state index contributed by atoms with van der Waals surface area (Å²) in [5, 5.41) is 3.56. The smallest absolute Gasteiger partial charge is 0.0239 e. The molecule has 3 rings (SSSR count). The van der Waals surface area contributed by atoms with Crippen LogP contribution in [0, 0.1) is 26.7 Å². The van der Waals surface area contributed by atoms with Crippen molar-refractivity contribution in [1.29, 1.82) is 0 Å². The van der Waals surface area contributed by atoms with Gasteiger partial charge in [-0.15, -0.1) is 0 Å². The molecular weight excluding hydrogens is 256 g/mol. The van der Waals surface area contributed by atoms with Crippen LogP contribution in [0.2, 0.25) is 0 Å². The van der Waals surface area contributed by atoms with Crippen LogP contribution in [0.5, 0.6) is 0 Å². The number of hydrogen-bond donors (Lipinski definition) is 1. The van der Waals surface area contributed by atoms with Crippen LogP contribution in [0.25, 0.3) is 0 Å². The lowest BCUT2D eigenvalue weighted by Crippen LogP contribution is -2.39. The molecule has 2 nitrogen and oxygen atoms in total. The maximum Gasteiger partial charge on any atom is 0.0239 e.